The van der Waals surface area contributed by atoms with Gasteiger partial charge in [-0.25, -0.2) is 0 Å². The summed E-state index contributed by atoms with van der Waals surface area (Å²) in [5.41, 5.74) is 3.58. The molecule has 0 unspecified atom stereocenters. The largest absolute Gasteiger partial charge is 0.368 e. The zero-order chi connectivity index (χ0) is 21.6. The van der Waals surface area contributed by atoms with Crippen molar-refractivity contribution in [2.75, 3.05) is 44.7 Å². The Bertz CT molecular complexity index is 939. The molecule has 2 saturated heterocycles. The molecule has 2 aliphatic heterocycles. The number of rotatable bonds is 5. The van der Waals surface area contributed by atoms with Crippen LogP contribution >= 0.6 is 11.6 Å². The van der Waals surface area contributed by atoms with Crippen LogP contribution in [0.15, 0.2) is 53.5 Å². The van der Waals surface area contributed by atoms with E-state index in [2.05, 4.69) is 44.4 Å². The maximum absolute atomic E-state index is 12.0. The minimum atomic E-state index is 0.260. The van der Waals surface area contributed by atoms with Gasteiger partial charge in [0, 0.05) is 70.0 Å². The minimum Gasteiger partial charge on any atom is -0.368 e. The fourth-order valence-electron chi connectivity index (χ4n) is 4.32. The van der Waals surface area contributed by atoms with Gasteiger partial charge >= 0.3 is 0 Å². The lowest BCUT2D eigenvalue weighted by Crippen LogP contribution is -2.52. The van der Waals surface area contributed by atoms with Crippen LogP contribution in [0.5, 0.6) is 0 Å². The number of piperazine rings is 1. The molecule has 0 aromatic heterocycles. The van der Waals surface area contributed by atoms with Crippen molar-refractivity contribution in [3.63, 3.8) is 0 Å². The summed E-state index contributed by atoms with van der Waals surface area (Å²) in [7, 11) is 1.83. The molecule has 1 N–H and O–H groups in total. The third-order valence-electron chi connectivity index (χ3n) is 6.05. The molecule has 31 heavy (non-hydrogen) atoms. The first-order valence-corrected chi connectivity index (χ1v) is 11.3. The number of hydrogen-bond acceptors (Lipinski definition) is 3. The van der Waals surface area contributed by atoms with Gasteiger partial charge in [-0.3, -0.25) is 9.79 Å². The topological polar surface area (TPSA) is 51.2 Å². The number of likely N-dealkylation sites (tertiary alicyclic amines) is 1. The van der Waals surface area contributed by atoms with Gasteiger partial charge in [0.2, 0.25) is 5.91 Å². The second-order valence-electron chi connectivity index (χ2n) is 8.04. The first-order chi connectivity index (χ1) is 15.1. The predicted molar refractivity (Wildman–Crippen MR) is 127 cm³/mol. The number of hydrogen-bond donors (Lipinski definition) is 1. The summed E-state index contributed by atoms with van der Waals surface area (Å²) in [4.78, 5) is 23.2. The number of nitrogens with zero attached hydrogens (tertiary/aromatic N) is 4. The number of halogens is 1. The smallest absolute Gasteiger partial charge is 0.222 e. The van der Waals surface area contributed by atoms with Crippen molar-refractivity contribution in [3.8, 4) is 0 Å². The lowest BCUT2D eigenvalue weighted by molar-refractivity contribution is -0.128. The van der Waals surface area contributed by atoms with Gasteiger partial charge < -0.3 is 20.0 Å². The Morgan fingerprint density at radius 1 is 1.03 bits per heavy atom. The second kappa shape index (κ2) is 10.1. The summed E-state index contributed by atoms with van der Waals surface area (Å²) in [5.74, 6) is 1.17. The number of nitrogens with one attached hydrogen (secondary N) is 1. The fraction of sp³-hybridized carbons (Fsp3) is 0.417. The summed E-state index contributed by atoms with van der Waals surface area (Å²) < 4.78 is 0. The molecule has 7 heteroatoms. The van der Waals surface area contributed by atoms with Crippen molar-refractivity contribution < 1.29 is 4.79 Å². The van der Waals surface area contributed by atoms with Crippen LogP contribution in [0.1, 0.15) is 24.0 Å². The van der Waals surface area contributed by atoms with E-state index in [0.29, 0.717) is 19.5 Å². The van der Waals surface area contributed by atoms with Crippen LogP contribution in [0.25, 0.3) is 0 Å². The number of carbonyl (C=O) groups excluding carboxylic acids is 1. The van der Waals surface area contributed by atoms with E-state index >= 15 is 0 Å². The fourth-order valence-corrected chi connectivity index (χ4v) is 4.50. The van der Waals surface area contributed by atoms with Gasteiger partial charge in [0.1, 0.15) is 0 Å². The Morgan fingerprint density at radius 2 is 1.81 bits per heavy atom. The number of guanidine groups is 1. The van der Waals surface area contributed by atoms with Crippen LogP contribution in [-0.4, -0.2) is 61.4 Å². The zero-order valence-electron chi connectivity index (χ0n) is 18.1. The molecular weight excluding hydrogens is 410 g/mol. The molecule has 0 radical (unpaired) electrons. The first kappa shape index (κ1) is 21.5. The van der Waals surface area contributed by atoms with E-state index in [0.717, 1.165) is 50.1 Å². The van der Waals surface area contributed by atoms with Crippen LogP contribution in [0.3, 0.4) is 0 Å². The molecular formula is C24H30ClN5O. The standard InChI is InChI=1S/C24H30ClN5O/c1-26-24(29-14-12-28(13-15-29)22-9-4-8-21(25)16-22)27-17-19-6-2-3-7-20(19)18-30-11-5-10-23(30)31/h2-4,6-9,16H,5,10-15,17-18H2,1H3,(H,26,27). The third-order valence-corrected chi connectivity index (χ3v) is 6.29. The number of anilines is 1. The van der Waals surface area contributed by atoms with Gasteiger partial charge in [-0.1, -0.05) is 41.9 Å². The van der Waals surface area contributed by atoms with E-state index in [4.69, 9.17) is 11.6 Å². The second-order valence-corrected chi connectivity index (χ2v) is 8.48. The molecule has 0 atom stereocenters. The zero-order valence-corrected chi connectivity index (χ0v) is 18.8. The van der Waals surface area contributed by atoms with Gasteiger partial charge in [0.05, 0.1) is 0 Å². The Labute approximate surface area is 189 Å². The number of benzene rings is 2. The predicted octanol–water partition coefficient (Wildman–Crippen LogP) is 3.36. The van der Waals surface area contributed by atoms with Crippen molar-refractivity contribution in [2.24, 2.45) is 4.99 Å². The van der Waals surface area contributed by atoms with E-state index in [-0.39, 0.29) is 5.91 Å². The first-order valence-electron chi connectivity index (χ1n) is 10.9. The molecule has 1 amide bonds. The van der Waals surface area contributed by atoms with Crippen molar-refractivity contribution >= 4 is 29.2 Å². The Morgan fingerprint density at radius 3 is 2.48 bits per heavy atom. The summed E-state index contributed by atoms with van der Waals surface area (Å²) in [5, 5.41) is 4.30. The highest BCUT2D eigenvalue weighted by atomic mass is 35.5. The molecule has 2 heterocycles. The monoisotopic (exact) mass is 439 g/mol. The van der Waals surface area contributed by atoms with Crippen LogP contribution in [-0.2, 0) is 17.9 Å². The van der Waals surface area contributed by atoms with E-state index in [1.807, 2.05) is 36.2 Å². The number of aliphatic imine (C=N–C) groups is 1. The van der Waals surface area contributed by atoms with Gasteiger partial charge in [0.15, 0.2) is 5.96 Å². The average Bonchev–Trinajstić information content (AvgIpc) is 3.20. The van der Waals surface area contributed by atoms with Gasteiger partial charge in [-0.2, -0.15) is 0 Å². The van der Waals surface area contributed by atoms with Crippen molar-refractivity contribution in [1.82, 2.24) is 15.1 Å². The highest BCUT2D eigenvalue weighted by Crippen LogP contribution is 2.21. The molecule has 4 rings (SSSR count). The molecule has 164 valence electrons. The molecule has 0 bridgehead atoms. The van der Waals surface area contributed by atoms with E-state index in [1.54, 1.807) is 0 Å². The third kappa shape index (κ3) is 5.31. The number of carbonyl (C=O) groups is 1. The van der Waals surface area contributed by atoms with Crippen LogP contribution in [0, 0.1) is 0 Å². The van der Waals surface area contributed by atoms with Crippen LogP contribution in [0.4, 0.5) is 5.69 Å². The molecule has 0 saturated carbocycles. The van der Waals surface area contributed by atoms with Crippen molar-refractivity contribution in [3.05, 3.63) is 64.7 Å². The molecule has 2 fully saturated rings. The number of amides is 1. The van der Waals surface area contributed by atoms with Gasteiger partial charge in [0.25, 0.3) is 0 Å². The highest BCUT2D eigenvalue weighted by molar-refractivity contribution is 6.30. The molecule has 0 spiro atoms. The van der Waals surface area contributed by atoms with Gasteiger partial charge in [-0.05, 0) is 35.7 Å². The molecule has 0 aliphatic carbocycles. The molecule has 2 aromatic carbocycles. The summed E-state index contributed by atoms with van der Waals surface area (Å²) in [6.45, 7) is 5.89. The van der Waals surface area contributed by atoms with E-state index in [1.165, 1.54) is 16.8 Å². The Hall–Kier alpha value is -2.73. The molecule has 6 nitrogen and oxygen atoms in total. The molecule has 2 aliphatic rings. The average molecular weight is 440 g/mol. The van der Waals surface area contributed by atoms with Crippen LogP contribution < -0.4 is 10.2 Å². The van der Waals surface area contributed by atoms with Gasteiger partial charge in [-0.15, -0.1) is 0 Å². The highest BCUT2D eigenvalue weighted by Gasteiger charge is 2.22. The maximum atomic E-state index is 12.0. The lowest BCUT2D eigenvalue weighted by atomic mass is 10.1. The maximum Gasteiger partial charge on any atom is 0.222 e. The lowest BCUT2D eigenvalue weighted by Gasteiger charge is -2.37. The molecule has 2 aromatic rings. The van der Waals surface area contributed by atoms with Crippen molar-refractivity contribution in [2.45, 2.75) is 25.9 Å². The summed E-state index contributed by atoms with van der Waals surface area (Å²) >= 11 is 6.15. The quantitative estimate of drug-likeness (QED) is 0.573. The van der Waals surface area contributed by atoms with E-state index < -0.39 is 0 Å². The normalized spacial score (nSPS) is 17.4. The van der Waals surface area contributed by atoms with Crippen LogP contribution in [0.2, 0.25) is 5.02 Å². The Balaban J connectivity index is 1.34. The van der Waals surface area contributed by atoms with Crippen molar-refractivity contribution in [1.29, 1.82) is 0 Å². The SMILES string of the molecule is CN=C(NCc1ccccc1CN1CCCC1=O)N1CCN(c2cccc(Cl)c2)CC1. The Kier molecular flexibility index (Phi) is 6.97. The summed E-state index contributed by atoms with van der Waals surface area (Å²) in [6.07, 6.45) is 1.64. The summed E-state index contributed by atoms with van der Waals surface area (Å²) in [6, 6.07) is 16.4. The van der Waals surface area contributed by atoms with E-state index in [9.17, 15) is 4.79 Å². The minimum absolute atomic E-state index is 0.260.